The number of carbonyl (C=O) groups is 1. The quantitative estimate of drug-likeness (QED) is 0.765. The van der Waals surface area contributed by atoms with Gasteiger partial charge in [-0.2, -0.15) is 5.26 Å². The number of aryl methyl sites for hydroxylation is 1. The first-order valence-corrected chi connectivity index (χ1v) is 9.52. The van der Waals surface area contributed by atoms with Crippen molar-refractivity contribution in [3.63, 3.8) is 0 Å². The SMILES string of the molecule is Cc1cc(Cl)ccc1OCC(=O)NS(=O)(=O)c1cc(Br)cc(C#N)c1. The lowest BCUT2D eigenvalue weighted by Gasteiger charge is -2.10. The molecule has 2 rings (SSSR count). The summed E-state index contributed by atoms with van der Waals surface area (Å²) in [5.41, 5.74) is 0.865. The van der Waals surface area contributed by atoms with Crippen LogP contribution in [0.3, 0.4) is 0 Å². The molecule has 0 atom stereocenters. The summed E-state index contributed by atoms with van der Waals surface area (Å²) < 4.78 is 32.1. The van der Waals surface area contributed by atoms with E-state index in [-0.39, 0.29) is 10.5 Å². The average Bonchev–Trinajstić information content (AvgIpc) is 2.53. The molecule has 0 aliphatic heterocycles. The molecule has 0 bridgehead atoms. The molecule has 25 heavy (non-hydrogen) atoms. The Kier molecular flexibility index (Phi) is 6.06. The van der Waals surface area contributed by atoms with Crippen LogP contribution in [0.15, 0.2) is 45.8 Å². The Balaban J connectivity index is 2.09. The Morgan fingerprint density at radius 2 is 2.04 bits per heavy atom. The van der Waals surface area contributed by atoms with Crippen molar-refractivity contribution in [2.24, 2.45) is 0 Å². The van der Waals surface area contributed by atoms with Gasteiger partial charge in [0.2, 0.25) is 0 Å². The first-order chi connectivity index (χ1) is 11.7. The maximum Gasteiger partial charge on any atom is 0.271 e. The monoisotopic (exact) mass is 442 g/mol. The molecule has 0 heterocycles. The Morgan fingerprint density at radius 1 is 1.32 bits per heavy atom. The fraction of sp³-hybridized carbons (Fsp3) is 0.125. The van der Waals surface area contributed by atoms with Crippen molar-refractivity contribution in [1.82, 2.24) is 4.72 Å². The molecule has 0 aromatic heterocycles. The normalized spacial score (nSPS) is 10.8. The summed E-state index contributed by atoms with van der Waals surface area (Å²) in [6.07, 6.45) is 0. The minimum Gasteiger partial charge on any atom is -0.483 e. The van der Waals surface area contributed by atoms with E-state index in [4.69, 9.17) is 21.6 Å². The Labute approximate surface area is 158 Å². The Bertz CT molecular complexity index is 971. The average molecular weight is 444 g/mol. The van der Waals surface area contributed by atoms with E-state index in [1.165, 1.54) is 18.2 Å². The number of nitriles is 1. The number of carbonyl (C=O) groups excluding carboxylic acids is 1. The smallest absolute Gasteiger partial charge is 0.271 e. The predicted octanol–water partition coefficient (Wildman–Crippen LogP) is 3.17. The standard InChI is InChI=1S/C16H12BrClN2O4S/c1-10-4-13(18)2-3-15(10)24-9-16(21)20-25(22,23)14-6-11(8-19)5-12(17)7-14/h2-7H,9H2,1H3,(H,20,21). The summed E-state index contributed by atoms with van der Waals surface area (Å²) in [6, 6.07) is 10.6. The molecular weight excluding hydrogens is 432 g/mol. The summed E-state index contributed by atoms with van der Waals surface area (Å²) in [5.74, 6) is -0.418. The second-order valence-electron chi connectivity index (χ2n) is 5.01. The fourth-order valence-electron chi connectivity index (χ4n) is 1.94. The van der Waals surface area contributed by atoms with Crippen molar-refractivity contribution in [1.29, 1.82) is 5.26 Å². The maximum absolute atomic E-state index is 12.3. The number of rotatable bonds is 5. The number of hydrogen-bond acceptors (Lipinski definition) is 5. The lowest BCUT2D eigenvalue weighted by Crippen LogP contribution is -2.34. The van der Waals surface area contributed by atoms with Crippen molar-refractivity contribution in [3.05, 3.63) is 57.0 Å². The number of ether oxygens (including phenoxy) is 1. The number of amides is 1. The third-order valence-corrected chi connectivity index (χ3v) is 5.10. The molecule has 0 fully saturated rings. The van der Waals surface area contributed by atoms with E-state index in [0.29, 0.717) is 20.8 Å². The zero-order valence-corrected chi connectivity index (χ0v) is 16.1. The van der Waals surface area contributed by atoms with Gasteiger partial charge >= 0.3 is 0 Å². The van der Waals surface area contributed by atoms with Crippen molar-refractivity contribution >= 4 is 43.5 Å². The third kappa shape index (κ3) is 5.19. The molecular formula is C16H12BrClN2O4S. The van der Waals surface area contributed by atoms with Crippen molar-refractivity contribution in [2.45, 2.75) is 11.8 Å². The van der Waals surface area contributed by atoms with Crippen molar-refractivity contribution < 1.29 is 17.9 Å². The lowest BCUT2D eigenvalue weighted by atomic mass is 10.2. The molecule has 0 saturated carbocycles. The summed E-state index contributed by atoms with van der Waals surface area (Å²) in [6.45, 7) is 1.27. The molecule has 1 N–H and O–H groups in total. The Hall–Kier alpha value is -2.08. The molecule has 2 aromatic rings. The number of nitrogens with one attached hydrogen (secondary N) is 1. The highest BCUT2D eigenvalue weighted by Crippen LogP contribution is 2.22. The molecule has 9 heteroatoms. The lowest BCUT2D eigenvalue weighted by molar-refractivity contribution is -0.121. The molecule has 130 valence electrons. The van der Waals surface area contributed by atoms with E-state index in [9.17, 15) is 13.2 Å². The molecule has 6 nitrogen and oxygen atoms in total. The molecule has 0 radical (unpaired) electrons. The van der Waals surface area contributed by atoms with Crippen LogP contribution in [0.1, 0.15) is 11.1 Å². The molecule has 0 unspecified atom stereocenters. The van der Waals surface area contributed by atoms with Crippen LogP contribution in [0.25, 0.3) is 0 Å². The van der Waals surface area contributed by atoms with Crippen molar-refractivity contribution in [3.8, 4) is 11.8 Å². The van der Waals surface area contributed by atoms with Crippen molar-refractivity contribution in [2.75, 3.05) is 6.61 Å². The van der Waals surface area contributed by atoms with Gasteiger partial charge < -0.3 is 4.74 Å². The van der Waals surface area contributed by atoms with Crippen LogP contribution in [0.4, 0.5) is 0 Å². The molecule has 1 amide bonds. The number of sulfonamides is 1. The number of hydrogen-bond donors (Lipinski definition) is 1. The van der Waals surface area contributed by atoms with Gasteiger partial charge in [-0.25, -0.2) is 13.1 Å². The fourth-order valence-corrected chi connectivity index (χ4v) is 3.85. The van der Waals surface area contributed by atoms with E-state index >= 15 is 0 Å². The molecule has 0 aliphatic carbocycles. The topological polar surface area (TPSA) is 96.3 Å². The summed E-state index contributed by atoms with van der Waals surface area (Å²) in [7, 11) is -4.12. The van der Waals surface area contributed by atoms with E-state index in [1.54, 1.807) is 25.1 Å². The highest BCUT2D eigenvalue weighted by molar-refractivity contribution is 9.10. The number of halogens is 2. The van der Waals surface area contributed by atoms with Gasteiger partial charge in [0, 0.05) is 9.50 Å². The highest BCUT2D eigenvalue weighted by Gasteiger charge is 2.19. The second-order valence-corrected chi connectivity index (χ2v) is 8.05. The third-order valence-electron chi connectivity index (χ3n) is 3.05. The van der Waals surface area contributed by atoms with Crippen LogP contribution < -0.4 is 9.46 Å². The van der Waals surface area contributed by atoms with E-state index in [0.717, 1.165) is 0 Å². The molecule has 2 aromatic carbocycles. The van der Waals surface area contributed by atoms with Crippen LogP contribution in [-0.2, 0) is 14.8 Å². The van der Waals surface area contributed by atoms with E-state index < -0.39 is 22.5 Å². The molecule has 0 aliphatic rings. The Morgan fingerprint density at radius 3 is 2.68 bits per heavy atom. The zero-order valence-electron chi connectivity index (χ0n) is 12.9. The largest absolute Gasteiger partial charge is 0.483 e. The maximum atomic E-state index is 12.3. The predicted molar refractivity (Wildman–Crippen MR) is 95.9 cm³/mol. The summed E-state index contributed by atoms with van der Waals surface area (Å²) in [4.78, 5) is 11.7. The summed E-state index contributed by atoms with van der Waals surface area (Å²) >= 11 is 8.96. The molecule has 0 spiro atoms. The van der Waals surface area contributed by atoms with Gasteiger partial charge in [-0.3, -0.25) is 4.79 Å². The minimum absolute atomic E-state index is 0.148. The zero-order chi connectivity index (χ0) is 18.6. The van der Waals surface area contributed by atoms with Gasteiger partial charge in [-0.15, -0.1) is 0 Å². The number of nitrogens with zero attached hydrogens (tertiary/aromatic N) is 1. The summed E-state index contributed by atoms with van der Waals surface area (Å²) in [5, 5.41) is 9.44. The highest BCUT2D eigenvalue weighted by atomic mass is 79.9. The minimum atomic E-state index is -4.12. The van der Waals surface area contributed by atoms with Crippen LogP contribution in [0.2, 0.25) is 5.02 Å². The van der Waals surface area contributed by atoms with Gasteiger partial charge in [-0.05, 0) is 48.9 Å². The van der Waals surface area contributed by atoms with Gasteiger partial charge in [-0.1, -0.05) is 27.5 Å². The van der Waals surface area contributed by atoms with Crippen LogP contribution >= 0.6 is 27.5 Å². The van der Waals surface area contributed by atoms with E-state index in [2.05, 4.69) is 15.9 Å². The first-order valence-electron chi connectivity index (χ1n) is 6.86. The van der Waals surface area contributed by atoms with Crippen LogP contribution in [0, 0.1) is 18.3 Å². The molecule has 0 saturated heterocycles. The van der Waals surface area contributed by atoms with Gasteiger partial charge in [0.1, 0.15) is 5.75 Å². The van der Waals surface area contributed by atoms with Gasteiger partial charge in [0.05, 0.1) is 16.5 Å². The van der Waals surface area contributed by atoms with Gasteiger partial charge in [0.15, 0.2) is 6.61 Å². The van der Waals surface area contributed by atoms with E-state index in [1.807, 2.05) is 10.8 Å². The number of benzene rings is 2. The first kappa shape index (κ1) is 19.2. The van der Waals surface area contributed by atoms with Crippen LogP contribution in [0.5, 0.6) is 5.75 Å². The van der Waals surface area contributed by atoms with Crippen LogP contribution in [-0.4, -0.2) is 20.9 Å². The van der Waals surface area contributed by atoms with Gasteiger partial charge in [0.25, 0.3) is 15.9 Å². The second kappa shape index (κ2) is 7.87.